The fourth-order valence-corrected chi connectivity index (χ4v) is 4.74. The quantitative estimate of drug-likeness (QED) is 0.639. The van der Waals surface area contributed by atoms with E-state index in [2.05, 4.69) is 20.4 Å². The molecule has 32 heavy (non-hydrogen) atoms. The van der Waals surface area contributed by atoms with Crippen LogP contribution in [0.1, 0.15) is 36.2 Å². The number of aromatic nitrogens is 4. The fraction of sp³-hybridized carbons (Fsp3) is 0.429. The second-order valence-corrected chi connectivity index (χ2v) is 8.27. The van der Waals surface area contributed by atoms with Crippen LogP contribution in [0.25, 0.3) is 10.9 Å². The van der Waals surface area contributed by atoms with Gasteiger partial charge >= 0.3 is 6.18 Å². The predicted molar refractivity (Wildman–Crippen MR) is 109 cm³/mol. The largest absolute Gasteiger partial charge is 0.408 e. The molecule has 2 bridgehead atoms. The molecule has 5 heterocycles. The average Bonchev–Trinajstić information content (AvgIpc) is 3.21. The number of piperidine rings is 1. The Hall–Kier alpha value is -3.21. The van der Waals surface area contributed by atoms with Crippen molar-refractivity contribution in [3.63, 3.8) is 0 Å². The van der Waals surface area contributed by atoms with Gasteiger partial charge in [0, 0.05) is 24.5 Å². The number of amides is 1. The van der Waals surface area contributed by atoms with Crippen molar-refractivity contribution in [1.29, 1.82) is 0 Å². The van der Waals surface area contributed by atoms with Gasteiger partial charge in [-0.25, -0.2) is 4.98 Å². The number of halogens is 3. The van der Waals surface area contributed by atoms with Crippen molar-refractivity contribution in [2.75, 3.05) is 5.32 Å². The Labute approximate surface area is 181 Å². The number of hydrogen-bond acceptors (Lipinski definition) is 6. The third kappa shape index (κ3) is 3.88. The Morgan fingerprint density at radius 1 is 1.19 bits per heavy atom. The van der Waals surface area contributed by atoms with Crippen molar-refractivity contribution in [3.05, 3.63) is 42.4 Å². The van der Waals surface area contributed by atoms with E-state index in [1.54, 1.807) is 29.3 Å². The van der Waals surface area contributed by atoms with Gasteiger partial charge in [0.25, 0.3) is 5.91 Å². The Bertz CT molecular complexity index is 1140. The predicted octanol–water partition coefficient (Wildman–Crippen LogP) is 3.26. The molecule has 0 radical (unpaired) electrons. The van der Waals surface area contributed by atoms with E-state index in [4.69, 9.17) is 0 Å². The summed E-state index contributed by atoms with van der Waals surface area (Å²) in [5.74, 6) is 0.274. The maximum absolute atomic E-state index is 13.2. The molecule has 0 aromatic carbocycles. The van der Waals surface area contributed by atoms with Gasteiger partial charge in [0.2, 0.25) is 0 Å². The Morgan fingerprint density at radius 2 is 1.94 bits per heavy atom. The van der Waals surface area contributed by atoms with Gasteiger partial charge in [-0.2, -0.15) is 18.3 Å². The highest BCUT2D eigenvalue weighted by atomic mass is 19.4. The summed E-state index contributed by atoms with van der Waals surface area (Å²) in [7, 11) is 0. The first-order valence-corrected chi connectivity index (χ1v) is 10.4. The van der Waals surface area contributed by atoms with Gasteiger partial charge in [-0.3, -0.25) is 14.5 Å². The van der Waals surface area contributed by atoms with Gasteiger partial charge in [0.15, 0.2) is 5.82 Å². The Kier molecular flexibility index (Phi) is 5.00. The molecular weight excluding hydrogens is 425 g/mol. The molecule has 1 amide bonds. The average molecular weight is 446 g/mol. The lowest BCUT2D eigenvalue weighted by Crippen LogP contribution is -2.48. The topological polar surface area (TPSA) is 96.2 Å². The summed E-state index contributed by atoms with van der Waals surface area (Å²) in [5, 5.41) is 17.3. The normalized spacial score (nSPS) is 23.0. The molecule has 11 heteroatoms. The number of anilines is 2. The van der Waals surface area contributed by atoms with E-state index in [1.807, 2.05) is 0 Å². The number of nitrogens with zero attached hydrogens (tertiary/aromatic N) is 5. The molecule has 2 unspecified atom stereocenters. The van der Waals surface area contributed by atoms with Crippen molar-refractivity contribution >= 4 is 28.4 Å². The lowest BCUT2D eigenvalue weighted by molar-refractivity contribution is -0.141. The molecule has 0 saturated carbocycles. The van der Waals surface area contributed by atoms with Crippen LogP contribution in [-0.2, 0) is 6.54 Å². The minimum absolute atomic E-state index is 0.0681. The monoisotopic (exact) mass is 446 g/mol. The summed E-state index contributed by atoms with van der Waals surface area (Å²) in [4.78, 5) is 23.3. The minimum Gasteiger partial charge on any atom is -0.393 e. The first-order valence-electron chi connectivity index (χ1n) is 10.4. The molecule has 3 aromatic rings. The highest BCUT2D eigenvalue weighted by Gasteiger charge is 2.43. The maximum Gasteiger partial charge on any atom is 0.408 e. The van der Waals surface area contributed by atoms with Gasteiger partial charge in [-0.05, 0) is 43.9 Å². The van der Waals surface area contributed by atoms with Gasteiger partial charge in [0.05, 0.1) is 17.0 Å². The van der Waals surface area contributed by atoms with Crippen LogP contribution in [0.3, 0.4) is 0 Å². The summed E-state index contributed by atoms with van der Waals surface area (Å²) in [5.41, 5.74) is 0.224. The maximum atomic E-state index is 13.2. The van der Waals surface area contributed by atoms with E-state index < -0.39 is 18.8 Å². The molecule has 8 nitrogen and oxygen atoms in total. The summed E-state index contributed by atoms with van der Waals surface area (Å²) in [6.45, 7) is -1.30. The summed E-state index contributed by atoms with van der Waals surface area (Å²) >= 11 is 0. The molecule has 2 aliphatic rings. The van der Waals surface area contributed by atoms with Crippen LogP contribution in [0.5, 0.6) is 0 Å². The number of aliphatic hydroxyl groups is 1. The highest BCUT2D eigenvalue weighted by Crippen LogP contribution is 2.37. The van der Waals surface area contributed by atoms with Gasteiger partial charge < -0.3 is 15.3 Å². The first-order chi connectivity index (χ1) is 15.3. The number of rotatable bonds is 4. The zero-order chi connectivity index (χ0) is 22.5. The van der Waals surface area contributed by atoms with Crippen molar-refractivity contribution in [1.82, 2.24) is 24.6 Å². The van der Waals surface area contributed by atoms with Crippen LogP contribution in [0.15, 0.2) is 36.7 Å². The standard InChI is InChI=1S/C21H21F3N6O2/c22-21(23,24)11-29-17-9-16(20(32)30-12-4-5-13(30)8-14(31)7-12)26-10-15(17)19(28-29)27-18-3-1-2-6-25-18/h1-3,6,9-10,12-14,31H,4-5,7-8,11H2,(H,25,27,28). The van der Waals surface area contributed by atoms with Crippen LogP contribution in [-0.4, -0.2) is 60.0 Å². The summed E-state index contributed by atoms with van der Waals surface area (Å²) in [6.07, 6.45) is 0.630. The SMILES string of the molecule is O=C(c1cc2c(cn1)c(Nc1ccccn1)nn2CC(F)(F)F)N1C2CCC1CC(O)C2. The first kappa shape index (κ1) is 20.7. The van der Waals surface area contributed by atoms with Gasteiger partial charge in [0.1, 0.15) is 18.1 Å². The van der Waals surface area contributed by atoms with E-state index in [0.29, 0.717) is 24.0 Å². The van der Waals surface area contributed by atoms with Crippen LogP contribution in [0.2, 0.25) is 0 Å². The zero-order valence-electron chi connectivity index (χ0n) is 17.0. The number of aliphatic hydroxyl groups excluding tert-OH is 1. The lowest BCUT2D eigenvalue weighted by Gasteiger charge is -2.37. The molecule has 2 saturated heterocycles. The van der Waals surface area contributed by atoms with Crippen LogP contribution in [0.4, 0.5) is 24.8 Å². The number of pyridine rings is 2. The Morgan fingerprint density at radius 3 is 2.59 bits per heavy atom. The fourth-order valence-electron chi connectivity index (χ4n) is 4.74. The van der Waals surface area contributed by atoms with Crippen LogP contribution < -0.4 is 5.32 Å². The van der Waals surface area contributed by atoms with Crippen molar-refractivity contribution in [3.8, 4) is 0 Å². The summed E-state index contributed by atoms with van der Waals surface area (Å²) < 4.78 is 40.4. The number of carbonyl (C=O) groups is 1. The number of fused-ring (bicyclic) bond motifs is 3. The second-order valence-electron chi connectivity index (χ2n) is 8.27. The third-order valence-electron chi connectivity index (χ3n) is 6.04. The molecule has 0 aliphatic carbocycles. The minimum atomic E-state index is -4.49. The van der Waals surface area contributed by atoms with E-state index in [1.165, 1.54) is 12.3 Å². The van der Waals surface area contributed by atoms with E-state index in [-0.39, 0.29) is 35.0 Å². The van der Waals surface area contributed by atoms with Gasteiger partial charge in [-0.15, -0.1) is 0 Å². The number of nitrogens with one attached hydrogen (secondary N) is 1. The van der Waals surface area contributed by atoms with Crippen molar-refractivity contribution < 1.29 is 23.1 Å². The molecule has 2 aliphatic heterocycles. The lowest BCUT2D eigenvalue weighted by atomic mass is 9.99. The molecular formula is C21H21F3N6O2. The molecule has 3 aromatic heterocycles. The smallest absolute Gasteiger partial charge is 0.393 e. The number of carbonyl (C=O) groups excluding carboxylic acids is 1. The van der Waals surface area contributed by atoms with Crippen molar-refractivity contribution in [2.45, 2.75) is 56.6 Å². The van der Waals surface area contributed by atoms with E-state index in [9.17, 15) is 23.1 Å². The zero-order valence-corrected chi connectivity index (χ0v) is 17.0. The summed E-state index contributed by atoms with van der Waals surface area (Å²) in [6, 6.07) is 6.34. The molecule has 5 rings (SSSR count). The highest BCUT2D eigenvalue weighted by molar-refractivity contribution is 5.99. The van der Waals surface area contributed by atoms with Crippen LogP contribution >= 0.6 is 0 Å². The van der Waals surface area contributed by atoms with E-state index >= 15 is 0 Å². The molecule has 2 N–H and O–H groups in total. The van der Waals surface area contributed by atoms with Gasteiger partial charge in [-0.1, -0.05) is 6.07 Å². The molecule has 2 fully saturated rings. The third-order valence-corrected chi connectivity index (χ3v) is 6.04. The molecule has 0 spiro atoms. The van der Waals surface area contributed by atoms with E-state index in [0.717, 1.165) is 17.5 Å². The number of hydrogen-bond donors (Lipinski definition) is 2. The molecule has 168 valence electrons. The van der Waals surface area contributed by atoms with Crippen molar-refractivity contribution in [2.24, 2.45) is 0 Å². The van der Waals surface area contributed by atoms with Crippen LogP contribution in [0, 0.1) is 0 Å². The number of alkyl halides is 3. The second kappa shape index (κ2) is 7.73. The molecule has 2 atom stereocenters. The Balaban J connectivity index is 1.52.